The molecule has 16 heavy (non-hydrogen) atoms. The highest BCUT2D eigenvalue weighted by Crippen LogP contribution is 2.26. The zero-order valence-corrected chi connectivity index (χ0v) is 10.6. The summed E-state index contributed by atoms with van der Waals surface area (Å²) in [4.78, 5) is 10.9. The van der Waals surface area contributed by atoms with E-state index in [2.05, 4.69) is 5.32 Å². The predicted molar refractivity (Wildman–Crippen MR) is 66.7 cm³/mol. The largest absolute Gasteiger partial charge is 0.368 e. The highest BCUT2D eigenvalue weighted by molar-refractivity contribution is 6.35. The van der Waals surface area contributed by atoms with Crippen molar-refractivity contribution < 1.29 is 4.79 Å². The Labute approximate surface area is 105 Å². The highest BCUT2D eigenvalue weighted by Gasteiger charge is 2.15. The first kappa shape index (κ1) is 13.3. The lowest BCUT2D eigenvalue weighted by molar-refractivity contribution is -0.119. The Morgan fingerprint density at radius 2 is 2.00 bits per heavy atom. The number of hydrogen-bond donors (Lipinski definition) is 2. The summed E-state index contributed by atoms with van der Waals surface area (Å²) in [7, 11) is 0. The first-order chi connectivity index (χ1) is 7.41. The van der Waals surface area contributed by atoms with Gasteiger partial charge >= 0.3 is 0 Å². The molecular formula is C11H14Cl2N2O. The molecule has 0 bridgehead atoms. The van der Waals surface area contributed by atoms with Gasteiger partial charge in [0.2, 0.25) is 5.91 Å². The van der Waals surface area contributed by atoms with Gasteiger partial charge in [-0.1, -0.05) is 29.3 Å². The number of carbonyl (C=O) groups is 1. The number of halogens is 2. The van der Waals surface area contributed by atoms with Gasteiger partial charge in [0.15, 0.2) is 0 Å². The quantitative estimate of drug-likeness (QED) is 0.874. The van der Waals surface area contributed by atoms with E-state index in [4.69, 9.17) is 28.9 Å². The van der Waals surface area contributed by atoms with Crippen LogP contribution in [0.5, 0.6) is 0 Å². The average Bonchev–Trinajstić information content (AvgIpc) is 2.16. The summed E-state index contributed by atoms with van der Waals surface area (Å²) in [6.45, 7) is 3.62. The van der Waals surface area contributed by atoms with E-state index in [1.54, 1.807) is 19.1 Å². The highest BCUT2D eigenvalue weighted by atomic mass is 35.5. The first-order valence-electron chi connectivity index (χ1n) is 4.92. The Hall–Kier alpha value is -0.770. The summed E-state index contributed by atoms with van der Waals surface area (Å²) in [5.74, 6) is -0.392. The van der Waals surface area contributed by atoms with Crippen molar-refractivity contribution in [1.29, 1.82) is 0 Å². The molecule has 0 saturated heterocycles. The van der Waals surface area contributed by atoms with Crippen LogP contribution in [0.4, 0.5) is 0 Å². The third-order valence-electron chi connectivity index (χ3n) is 2.36. The van der Waals surface area contributed by atoms with Crippen molar-refractivity contribution in [3.8, 4) is 0 Å². The average molecular weight is 261 g/mol. The topological polar surface area (TPSA) is 55.1 Å². The maximum absolute atomic E-state index is 10.9. The van der Waals surface area contributed by atoms with Crippen LogP contribution in [0, 0.1) is 0 Å². The van der Waals surface area contributed by atoms with Gasteiger partial charge in [0.1, 0.15) is 0 Å². The molecule has 1 amide bonds. The van der Waals surface area contributed by atoms with Gasteiger partial charge in [-0.25, -0.2) is 0 Å². The third-order valence-corrected chi connectivity index (χ3v) is 2.92. The van der Waals surface area contributed by atoms with Crippen molar-refractivity contribution in [1.82, 2.24) is 5.32 Å². The molecule has 0 aliphatic rings. The number of benzene rings is 1. The molecular weight excluding hydrogens is 247 g/mol. The second kappa shape index (κ2) is 5.53. The molecule has 5 heteroatoms. The third kappa shape index (κ3) is 3.37. The van der Waals surface area contributed by atoms with Gasteiger partial charge in [0.25, 0.3) is 0 Å². The molecule has 0 heterocycles. The summed E-state index contributed by atoms with van der Waals surface area (Å²) in [5, 5.41) is 4.21. The Kier molecular flexibility index (Phi) is 4.59. The lowest BCUT2D eigenvalue weighted by Gasteiger charge is -2.19. The van der Waals surface area contributed by atoms with Crippen LogP contribution in [0.3, 0.4) is 0 Å². The van der Waals surface area contributed by atoms with E-state index < -0.39 is 11.9 Å². The zero-order valence-electron chi connectivity index (χ0n) is 9.13. The van der Waals surface area contributed by atoms with E-state index in [-0.39, 0.29) is 6.04 Å². The fourth-order valence-electron chi connectivity index (χ4n) is 1.40. The molecule has 0 unspecified atom stereocenters. The second-order valence-corrected chi connectivity index (χ2v) is 4.52. The molecule has 2 atom stereocenters. The standard InChI is InChI=1S/C11H14Cl2N2O/c1-6(15-7(2)11(14)16)9-4-3-8(12)5-10(9)13/h3-7,15H,1-2H3,(H2,14,16)/t6-,7-/m0/s1. The van der Waals surface area contributed by atoms with Crippen LogP contribution < -0.4 is 11.1 Å². The minimum atomic E-state index is -0.401. The predicted octanol–water partition coefficient (Wildman–Crippen LogP) is 2.52. The van der Waals surface area contributed by atoms with Gasteiger partial charge in [0.05, 0.1) is 6.04 Å². The van der Waals surface area contributed by atoms with Crippen LogP contribution in [0.25, 0.3) is 0 Å². The van der Waals surface area contributed by atoms with Crippen molar-refractivity contribution in [2.45, 2.75) is 25.9 Å². The molecule has 0 saturated carbocycles. The van der Waals surface area contributed by atoms with E-state index in [1.165, 1.54) is 0 Å². The molecule has 88 valence electrons. The Bertz CT molecular complexity index is 396. The molecule has 0 aliphatic heterocycles. The van der Waals surface area contributed by atoms with Gasteiger partial charge in [-0.2, -0.15) is 0 Å². The maximum atomic E-state index is 10.9. The van der Waals surface area contributed by atoms with Crippen LogP contribution in [0.2, 0.25) is 10.0 Å². The Balaban J connectivity index is 2.80. The second-order valence-electron chi connectivity index (χ2n) is 3.68. The van der Waals surface area contributed by atoms with Gasteiger partial charge in [-0.15, -0.1) is 0 Å². The number of amides is 1. The lowest BCUT2D eigenvalue weighted by atomic mass is 10.1. The molecule has 1 rings (SSSR count). The van der Waals surface area contributed by atoms with E-state index in [1.807, 2.05) is 13.0 Å². The van der Waals surface area contributed by atoms with Crippen molar-refractivity contribution >= 4 is 29.1 Å². The normalized spacial score (nSPS) is 14.5. The summed E-state index contributed by atoms with van der Waals surface area (Å²) in [5.41, 5.74) is 6.06. The SMILES string of the molecule is C[C@H](N[C@@H](C)c1ccc(Cl)cc1Cl)C(N)=O. The van der Waals surface area contributed by atoms with Crippen LogP contribution in [-0.2, 0) is 4.79 Å². The van der Waals surface area contributed by atoms with Crippen LogP contribution >= 0.6 is 23.2 Å². The number of rotatable bonds is 4. The van der Waals surface area contributed by atoms with Gasteiger partial charge < -0.3 is 5.73 Å². The van der Waals surface area contributed by atoms with Crippen molar-refractivity contribution in [3.63, 3.8) is 0 Å². The Morgan fingerprint density at radius 3 is 2.50 bits per heavy atom. The van der Waals surface area contributed by atoms with Crippen LogP contribution in [0.1, 0.15) is 25.5 Å². The monoisotopic (exact) mass is 260 g/mol. The molecule has 0 spiro atoms. The van der Waals surface area contributed by atoms with Crippen molar-refractivity contribution in [3.05, 3.63) is 33.8 Å². The van der Waals surface area contributed by atoms with Crippen molar-refractivity contribution in [2.24, 2.45) is 5.73 Å². The fraction of sp³-hybridized carbons (Fsp3) is 0.364. The summed E-state index contributed by atoms with van der Waals surface area (Å²) < 4.78 is 0. The molecule has 1 aromatic rings. The summed E-state index contributed by atoms with van der Waals surface area (Å²) >= 11 is 11.8. The minimum Gasteiger partial charge on any atom is -0.368 e. The fourth-order valence-corrected chi connectivity index (χ4v) is 1.97. The molecule has 0 fully saturated rings. The smallest absolute Gasteiger partial charge is 0.234 e. The van der Waals surface area contributed by atoms with E-state index in [9.17, 15) is 4.79 Å². The van der Waals surface area contributed by atoms with Gasteiger partial charge in [-0.05, 0) is 31.5 Å². The molecule has 0 aromatic heterocycles. The van der Waals surface area contributed by atoms with Crippen molar-refractivity contribution in [2.75, 3.05) is 0 Å². The van der Waals surface area contributed by atoms with Crippen LogP contribution in [0.15, 0.2) is 18.2 Å². The molecule has 3 nitrogen and oxygen atoms in total. The summed E-state index contributed by atoms with van der Waals surface area (Å²) in [6.07, 6.45) is 0. The number of primary amides is 1. The van der Waals surface area contributed by atoms with E-state index >= 15 is 0 Å². The van der Waals surface area contributed by atoms with Gasteiger partial charge in [-0.3, -0.25) is 10.1 Å². The molecule has 0 aliphatic carbocycles. The summed E-state index contributed by atoms with van der Waals surface area (Å²) in [6, 6.07) is 4.80. The first-order valence-corrected chi connectivity index (χ1v) is 5.67. The molecule has 0 radical (unpaired) electrons. The number of hydrogen-bond acceptors (Lipinski definition) is 2. The van der Waals surface area contributed by atoms with E-state index in [0.717, 1.165) is 5.56 Å². The Morgan fingerprint density at radius 1 is 1.38 bits per heavy atom. The molecule has 1 aromatic carbocycles. The number of nitrogens with two attached hydrogens (primary N) is 1. The minimum absolute atomic E-state index is 0.0627. The number of nitrogens with one attached hydrogen (secondary N) is 1. The lowest BCUT2D eigenvalue weighted by Crippen LogP contribution is -2.40. The number of carbonyl (C=O) groups excluding carboxylic acids is 1. The maximum Gasteiger partial charge on any atom is 0.234 e. The van der Waals surface area contributed by atoms with E-state index in [0.29, 0.717) is 10.0 Å². The van der Waals surface area contributed by atoms with Crippen LogP contribution in [-0.4, -0.2) is 11.9 Å². The zero-order chi connectivity index (χ0) is 12.3. The van der Waals surface area contributed by atoms with Gasteiger partial charge in [0, 0.05) is 16.1 Å². The molecule has 3 N–H and O–H groups in total.